The Labute approximate surface area is 115 Å². The highest BCUT2D eigenvalue weighted by Crippen LogP contribution is 2.21. The van der Waals surface area contributed by atoms with E-state index in [4.69, 9.17) is 23.2 Å². The Bertz CT molecular complexity index is 319. The van der Waals surface area contributed by atoms with Gasteiger partial charge in [0.1, 0.15) is 0 Å². The number of piperidine rings is 1. The van der Waals surface area contributed by atoms with E-state index in [-0.39, 0.29) is 0 Å². The van der Waals surface area contributed by atoms with Crippen molar-refractivity contribution in [2.75, 3.05) is 13.1 Å². The summed E-state index contributed by atoms with van der Waals surface area (Å²) in [5, 5.41) is 4.52. The second kappa shape index (κ2) is 10.5. The van der Waals surface area contributed by atoms with E-state index in [1.54, 1.807) is 6.07 Å². The van der Waals surface area contributed by atoms with Gasteiger partial charge in [-0.2, -0.15) is 0 Å². The van der Waals surface area contributed by atoms with Gasteiger partial charge in [-0.15, -0.1) is 12.8 Å². The van der Waals surface area contributed by atoms with Crippen LogP contribution in [-0.2, 0) is 0 Å². The number of halogens is 2. The number of terminal acetylenes is 1. The van der Waals surface area contributed by atoms with Crippen molar-refractivity contribution in [3.05, 3.63) is 33.8 Å². The van der Waals surface area contributed by atoms with E-state index in [1.807, 2.05) is 19.1 Å². The summed E-state index contributed by atoms with van der Waals surface area (Å²) in [6, 6.07) is 5.55. The number of rotatable bonds is 0. The first kappa shape index (κ1) is 16.3. The number of aryl methyl sites for hydroxylation is 1. The second-order valence-electron chi connectivity index (χ2n) is 3.73. The highest BCUT2D eigenvalue weighted by molar-refractivity contribution is 6.41. The lowest BCUT2D eigenvalue weighted by Crippen LogP contribution is -2.21. The lowest BCUT2D eigenvalue weighted by atomic mass is 10.2. The number of hydrogen-bond donors (Lipinski definition) is 1. The molecule has 0 bridgehead atoms. The first-order valence-corrected chi connectivity index (χ1v) is 6.41. The fourth-order valence-corrected chi connectivity index (χ4v) is 1.76. The lowest BCUT2D eigenvalue weighted by Gasteiger charge is -2.08. The maximum absolute atomic E-state index is 5.68. The maximum Gasteiger partial charge on any atom is 0.0594 e. The quantitative estimate of drug-likeness (QED) is 0.694. The van der Waals surface area contributed by atoms with Crippen LogP contribution in [0.3, 0.4) is 0 Å². The van der Waals surface area contributed by atoms with Crippen molar-refractivity contribution < 1.29 is 0 Å². The van der Waals surface area contributed by atoms with E-state index in [1.165, 1.54) is 32.4 Å². The van der Waals surface area contributed by atoms with Gasteiger partial charge < -0.3 is 5.32 Å². The summed E-state index contributed by atoms with van der Waals surface area (Å²) in [5.74, 6) is 0. The number of nitrogens with one attached hydrogen (secondary N) is 1. The molecule has 0 amide bonds. The molecule has 1 aromatic rings. The number of benzene rings is 1. The Morgan fingerprint density at radius 2 is 1.59 bits per heavy atom. The van der Waals surface area contributed by atoms with Gasteiger partial charge in [0, 0.05) is 0 Å². The first-order valence-electron chi connectivity index (χ1n) is 5.66. The van der Waals surface area contributed by atoms with Crippen molar-refractivity contribution in [2.45, 2.75) is 26.2 Å². The molecule has 1 heterocycles. The van der Waals surface area contributed by atoms with Crippen LogP contribution in [0, 0.1) is 19.8 Å². The molecule has 94 valence electrons. The smallest absolute Gasteiger partial charge is 0.0594 e. The Morgan fingerprint density at radius 3 is 1.88 bits per heavy atom. The Balaban J connectivity index is 0.000000278. The Morgan fingerprint density at radius 1 is 1.00 bits per heavy atom. The molecule has 0 atom stereocenters. The first-order chi connectivity index (χ1) is 8.20. The van der Waals surface area contributed by atoms with Crippen LogP contribution >= 0.6 is 23.2 Å². The van der Waals surface area contributed by atoms with E-state index in [0.717, 1.165) is 5.56 Å². The fraction of sp³-hybridized carbons (Fsp3) is 0.429. The minimum atomic E-state index is 0.613. The molecule has 1 saturated heterocycles. The van der Waals surface area contributed by atoms with Gasteiger partial charge in [0.25, 0.3) is 0 Å². The maximum atomic E-state index is 5.68. The summed E-state index contributed by atoms with van der Waals surface area (Å²) in [6.07, 6.45) is 12.2. The molecular formula is C14H19Cl2N. The lowest BCUT2D eigenvalue weighted by molar-refractivity contribution is 0.520. The standard InChI is InChI=1S/C7H6Cl2.C5H11N.C2H2/c1-5-2-3-6(8)7(9)4-5;1-2-4-6-5-3-1;1-2/h2-4H,1H3;6H,1-5H2;1-2H. The van der Waals surface area contributed by atoms with Gasteiger partial charge in [-0.3, -0.25) is 0 Å². The zero-order valence-corrected chi connectivity index (χ0v) is 11.7. The topological polar surface area (TPSA) is 12.0 Å². The SMILES string of the molecule is C#C.C1CCNCC1.Cc1ccc(Cl)c(Cl)c1. The van der Waals surface area contributed by atoms with E-state index in [0.29, 0.717) is 10.0 Å². The van der Waals surface area contributed by atoms with Crippen molar-refractivity contribution in [1.29, 1.82) is 0 Å². The van der Waals surface area contributed by atoms with Crippen molar-refractivity contribution in [2.24, 2.45) is 0 Å². The van der Waals surface area contributed by atoms with Gasteiger partial charge >= 0.3 is 0 Å². The van der Waals surface area contributed by atoms with Gasteiger partial charge in [0.15, 0.2) is 0 Å². The molecule has 0 saturated carbocycles. The monoisotopic (exact) mass is 271 g/mol. The minimum absolute atomic E-state index is 0.613. The van der Waals surface area contributed by atoms with Crippen LogP contribution in [-0.4, -0.2) is 13.1 Å². The van der Waals surface area contributed by atoms with Gasteiger partial charge in [0.2, 0.25) is 0 Å². The molecule has 0 spiro atoms. The van der Waals surface area contributed by atoms with Crippen LogP contribution in [0.1, 0.15) is 24.8 Å². The average Bonchev–Trinajstić information content (AvgIpc) is 2.39. The van der Waals surface area contributed by atoms with Gasteiger partial charge in [0.05, 0.1) is 10.0 Å². The molecule has 1 fully saturated rings. The molecule has 17 heavy (non-hydrogen) atoms. The normalized spacial score (nSPS) is 13.7. The largest absolute Gasteiger partial charge is 0.317 e. The summed E-state index contributed by atoms with van der Waals surface area (Å²) in [5.41, 5.74) is 1.13. The third kappa shape index (κ3) is 8.10. The van der Waals surface area contributed by atoms with E-state index >= 15 is 0 Å². The van der Waals surface area contributed by atoms with Crippen molar-refractivity contribution >= 4 is 23.2 Å². The highest BCUT2D eigenvalue weighted by atomic mass is 35.5. The molecule has 0 aromatic heterocycles. The number of hydrogen-bond acceptors (Lipinski definition) is 1. The summed E-state index contributed by atoms with van der Waals surface area (Å²) >= 11 is 11.3. The van der Waals surface area contributed by atoms with Gasteiger partial charge in [-0.1, -0.05) is 35.7 Å². The van der Waals surface area contributed by atoms with E-state index < -0.39 is 0 Å². The van der Waals surface area contributed by atoms with Crippen LogP contribution in [0.2, 0.25) is 10.0 Å². The third-order valence-corrected chi connectivity index (χ3v) is 3.02. The zero-order valence-electron chi connectivity index (χ0n) is 10.2. The van der Waals surface area contributed by atoms with Gasteiger partial charge in [-0.25, -0.2) is 0 Å². The molecule has 1 aliphatic rings. The molecule has 3 heteroatoms. The molecule has 0 unspecified atom stereocenters. The molecule has 0 aliphatic carbocycles. The van der Waals surface area contributed by atoms with E-state index in [2.05, 4.69) is 18.2 Å². The van der Waals surface area contributed by atoms with Crippen LogP contribution in [0.25, 0.3) is 0 Å². The predicted octanol–water partition coefficient (Wildman–Crippen LogP) is 4.31. The van der Waals surface area contributed by atoms with Crippen molar-refractivity contribution in [1.82, 2.24) is 5.32 Å². The molecule has 1 aliphatic heterocycles. The molecule has 0 radical (unpaired) electrons. The van der Waals surface area contributed by atoms with Crippen LogP contribution in [0.5, 0.6) is 0 Å². The average molecular weight is 272 g/mol. The van der Waals surface area contributed by atoms with Crippen molar-refractivity contribution in [3.63, 3.8) is 0 Å². The molecule has 2 rings (SSSR count). The van der Waals surface area contributed by atoms with Crippen LogP contribution < -0.4 is 5.32 Å². The highest BCUT2D eigenvalue weighted by Gasteiger charge is 1.94. The zero-order chi connectivity index (χ0) is 13.1. The summed E-state index contributed by atoms with van der Waals surface area (Å²) in [4.78, 5) is 0. The molecular weight excluding hydrogens is 253 g/mol. The minimum Gasteiger partial charge on any atom is -0.317 e. The summed E-state index contributed by atoms with van der Waals surface area (Å²) in [7, 11) is 0. The molecule has 1 N–H and O–H groups in total. The summed E-state index contributed by atoms with van der Waals surface area (Å²) in [6.45, 7) is 4.47. The molecule has 1 aromatic carbocycles. The van der Waals surface area contributed by atoms with Crippen molar-refractivity contribution in [3.8, 4) is 12.8 Å². The van der Waals surface area contributed by atoms with Gasteiger partial charge in [-0.05, 0) is 50.6 Å². The second-order valence-corrected chi connectivity index (χ2v) is 4.54. The summed E-state index contributed by atoms with van der Waals surface area (Å²) < 4.78 is 0. The van der Waals surface area contributed by atoms with E-state index in [9.17, 15) is 0 Å². The Kier molecular flexibility index (Phi) is 10.1. The Hall–Kier alpha value is -0.680. The molecule has 1 nitrogen and oxygen atoms in total. The predicted molar refractivity (Wildman–Crippen MR) is 77.8 cm³/mol. The third-order valence-electron chi connectivity index (χ3n) is 2.28. The van der Waals surface area contributed by atoms with Crippen LogP contribution in [0.4, 0.5) is 0 Å². The fourth-order valence-electron chi connectivity index (χ4n) is 1.40. The van der Waals surface area contributed by atoms with Crippen LogP contribution in [0.15, 0.2) is 18.2 Å².